The summed E-state index contributed by atoms with van der Waals surface area (Å²) in [5, 5.41) is 18.5. The van der Waals surface area contributed by atoms with E-state index in [4.69, 9.17) is 11.6 Å². The third-order valence-electron chi connectivity index (χ3n) is 3.92. The fourth-order valence-electron chi connectivity index (χ4n) is 2.78. The Hall–Kier alpha value is -2.45. The second-order valence-electron chi connectivity index (χ2n) is 5.52. The molecular weight excluding hydrogens is 334 g/mol. The second kappa shape index (κ2) is 6.98. The summed E-state index contributed by atoms with van der Waals surface area (Å²) < 4.78 is 1.29. The molecule has 1 N–H and O–H groups in total. The van der Waals surface area contributed by atoms with Crippen molar-refractivity contribution in [2.45, 2.75) is 12.6 Å². The molecule has 0 bridgehead atoms. The van der Waals surface area contributed by atoms with Crippen LogP contribution in [0.4, 0.5) is 5.69 Å². The number of nitrogens with one attached hydrogen (secondary N) is 1. The van der Waals surface area contributed by atoms with Crippen molar-refractivity contribution in [2.24, 2.45) is 0 Å². The van der Waals surface area contributed by atoms with E-state index in [9.17, 15) is 14.9 Å². The average molecular weight is 350 g/mol. The van der Waals surface area contributed by atoms with Gasteiger partial charge in [-0.15, -0.1) is 0 Å². The maximum Gasteiger partial charge on any atom is 0.307 e. The first-order valence-electron chi connectivity index (χ1n) is 7.47. The van der Waals surface area contributed by atoms with Gasteiger partial charge < -0.3 is 10.2 Å². The number of carbonyl (C=O) groups is 1. The van der Waals surface area contributed by atoms with Crippen LogP contribution in [0.3, 0.4) is 0 Å². The monoisotopic (exact) mass is 349 g/mol. The molecule has 2 aromatic rings. The molecule has 1 aromatic carbocycles. The molecule has 1 amide bonds. The minimum Gasteiger partial charge on any atom is -0.331 e. The lowest BCUT2D eigenvalue weighted by molar-refractivity contribution is -0.385. The molecule has 24 heavy (non-hydrogen) atoms. The van der Waals surface area contributed by atoms with Crippen molar-refractivity contribution in [1.82, 2.24) is 20.0 Å². The topological polar surface area (TPSA) is 93.3 Å². The molecule has 0 spiro atoms. The molecule has 0 saturated carbocycles. The number of nitrogens with zero attached hydrogens (tertiary/aromatic N) is 4. The number of hydrogen-bond acceptors (Lipinski definition) is 5. The van der Waals surface area contributed by atoms with Gasteiger partial charge in [-0.2, -0.15) is 5.10 Å². The normalized spacial score (nSPS) is 17.7. The van der Waals surface area contributed by atoms with E-state index in [-0.39, 0.29) is 24.2 Å². The minimum absolute atomic E-state index is 0.0368. The Morgan fingerprint density at radius 2 is 2.33 bits per heavy atom. The molecule has 1 saturated heterocycles. The highest BCUT2D eigenvalue weighted by Gasteiger charge is 2.28. The summed E-state index contributed by atoms with van der Waals surface area (Å²) >= 11 is 6.05. The van der Waals surface area contributed by atoms with Gasteiger partial charge in [0, 0.05) is 24.7 Å². The summed E-state index contributed by atoms with van der Waals surface area (Å²) in [6, 6.07) is 7.29. The molecule has 126 valence electrons. The Morgan fingerprint density at radius 1 is 1.50 bits per heavy atom. The first-order valence-corrected chi connectivity index (χ1v) is 7.85. The van der Waals surface area contributed by atoms with E-state index >= 15 is 0 Å². The standard InChI is InChI=1S/C15H16ClN5O3/c16-12-3-1-2-11(6-12)14-8-17-4-5-20(14)15(22)10-19-9-13(7-18-19)21(23)24/h1-3,6-7,9,14,17H,4-5,8,10H2. The number of rotatable bonds is 4. The van der Waals surface area contributed by atoms with Gasteiger partial charge in [0.05, 0.1) is 11.0 Å². The molecule has 2 heterocycles. The van der Waals surface area contributed by atoms with Crippen molar-refractivity contribution >= 4 is 23.2 Å². The van der Waals surface area contributed by atoms with Crippen LogP contribution in [0.1, 0.15) is 11.6 Å². The Kier molecular flexibility index (Phi) is 4.77. The van der Waals surface area contributed by atoms with Crippen LogP contribution in [-0.4, -0.2) is 45.1 Å². The van der Waals surface area contributed by atoms with E-state index in [1.54, 1.807) is 11.0 Å². The van der Waals surface area contributed by atoms with Gasteiger partial charge in [-0.25, -0.2) is 0 Å². The Balaban J connectivity index is 1.76. The third kappa shape index (κ3) is 3.55. The number of amides is 1. The van der Waals surface area contributed by atoms with Crippen LogP contribution in [0.5, 0.6) is 0 Å². The second-order valence-corrected chi connectivity index (χ2v) is 5.95. The van der Waals surface area contributed by atoms with E-state index in [0.717, 1.165) is 11.8 Å². The SMILES string of the molecule is O=C(Cn1cc([N+](=O)[O-])cn1)N1CCNCC1c1cccc(Cl)c1. The molecule has 1 aliphatic rings. The van der Waals surface area contributed by atoms with Crippen LogP contribution in [0.15, 0.2) is 36.7 Å². The third-order valence-corrected chi connectivity index (χ3v) is 4.16. The maximum absolute atomic E-state index is 12.6. The van der Waals surface area contributed by atoms with Crippen LogP contribution in [0.25, 0.3) is 0 Å². The molecule has 0 radical (unpaired) electrons. The number of piperazine rings is 1. The smallest absolute Gasteiger partial charge is 0.307 e. The van der Waals surface area contributed by atoms with Gasteiger partial charge in [0.1, 0.15) is 18.9 Å². The van der Waals surface area contributed by atoms with Crippen LogP contribution < -0.4 is 5.32 Å². The van der Waals surface area contributed by atoms with Gasteiger partial charge in [-0.1, -0.05) is 23.7 Å². The molecule has 1 aliphatic heterocycles. The average Bonchev–Trinajstić information content (AvgIpc) is 3.03. The lowest BCUT2D eigenvalue weighted by Crippen LogP contribution is -2.49. The van der Waals surface area contributed by atoms with E-state index < -0.39 is 4.92 Å². The lowest BCUT2D eigenvalue weighted by Gasteiger charge is -2.36. The van der Waals surface area contributed by atoms with Crippen molar-refractivity contribution in [1.29, 1.82) is 0 Å². The summed E-state index contributed by atoms with van der Waals surface area (Å²) in [6.45, 7) is 1.84. The zero-order valence-electron chi connectivity index (χ0n) is 12.8. The Labute approximate surface area is 143 Å². The lowest BCUT2D eigenvalue weighted by atomic mass is 10.0. The summed E-state index contributed by atoms with van der Waals surface area (Å²) in [5.41, 5.74) is 0.823. The highest BCUT2D eigenvalue weighted by atomic mass is 35.5. The summed E-state index contributed by atoms with van der Waals surface area (Å²) in [6.07, 6.45) is 2.40. The van der Waals surface area contributed by atoms with Gasteiger partial charge in [0.15, 0.2) is 0 Å². The fraction of sp³-hybridized carbons (Fsp3) is 0.333. The van der Waals surface area contributed by atoms with Gasteiger partial charge in [-0.3, -0.25) is 19.6 Å². The van der Waals surface area contributed by atoms with Crippen LogP contribution in [0, 0.1) is 10.1 Å². The highest BCUT2D eigenvalue weighted by Crippen LogP contribution is 2.25. The van der Waals surface area contributed by atoms with Crippen LogP contribution in [-0.2, 0) is 11.3 Å². The summed E-state index contributed by atoms with van der Waals surface area (Å²) in [7, 11) is 0. The van der Waals surface area contributed by atoms with Crippen molar-refractivity contribution in [2.75, 3.05) is 19.6 Å². The quantitative estimate of drug-likeness (QED) is 0.668. The molecule has 0 aliphatic carbocycles. The molecule has 1 aromatic heterocycles. The van der Waals surface area contributed by atoms with Gasteiger partial charge in [0.25, 0.3) is 0 Å². The number of benzene rings is 1. The highest BCUT2D eigenvalue weighted by molar-refractivity contribution is 6.30. The number of hydrogen-bond donors (Lipinski definition) is 1. The first-order chi connectivity index (χ1) is 11.5. The molecule has 8 nitrogen and oxygen atoms in total. The van der Waals surface area contributed by atoms with Crippen molar-refractivity contribution < 1.29 is 9.72 Å². The predicted molar refractivity (Wildman–Crippen MR) is 87.7 cm³/mol. The first kappa shape index (κ1) is 16.4. The summed E-state index contributed by atoms with van der Waals surface area (Å²) in [5.74, 6) is -0.139. The van der Waals surface area contributed by atoms with Crippen molar-refractivity contribution in [3.8, 4) is 0 Å². The molecule has 3 rings (SSSR count). The van der Waals surface area contributed by atoms with Crippen LogP contribution >= 0.6 is 11.6 Å². The maximum atomic E-state index is 12.6. The molecule has 9 heteroatoms. The molecule has 1 unspecified atom stereocenters. The number of nitro groups is 1. The largest absolute Gasteiger partial charge is 0.331 e. The summed E-state index contributed by atoms with van der Waals surface area (Å²) in [4.78, 5) is 24.6. The predicted octanol–water partition coefficient (Wildman–Crippen LogP) is 1.62. The zero-order valence-corrected chi connectivity index (χ0v) is 13.5. The molecular formula is C15H16ClN5O3. The van der Waals surface area contributed by atoms with E-state index in [2.05, 4.69) is 10.4 Å². The zero-order chi connectivity index (χ0) is 17.1. The number of carbonyl (C=O) groups excluding carboxylic acids is 1. The van der Waals surface area contributed by atoms with Crippen molar-refractivity contribution in [3.05, 3.63) is 57.4 Å². The molecule has 1 fully saturated rings. The van der Waals surface area contributed by atoms with Gasteiger partial charge in [-0.05, 0) is 17.7 Å². The van der Waals surface area contributed by atoms with Crippen molar-refractivity contribution in [3.63, 3.8) is 0 Å². The fourth-order valence-corrected chi connectivity index (χ4v) is 2.98. The van der Waals surface area contributed by atoms with E-state index in [1.807, 2.05) is 18.2 Å². The van der Waals surface area contributed by atoms with E-state index in [1.165, 1.54) is 10.9 Å². The Bertz CT molecular complexity index is 763. The molecule has 1 atom stereocenters. The van der Waals surface area contributed by atoms with E-state index in [0.29, 0.717) is 24.7 Å². The van der Waals surface area contributed by atoms with Crippen LogP contribution in [0.2, 0.25) is 5.02 Å². The number of halogens is 1. The minimum atomic E-state index is -0.534. The van der Waals surface area contributed by atoms with Gasteiger partial charge >= 0.3 is 5.69 Å². The van der Waals surface area contributed by atoms with Gasteiger partial charge in [0.2, 0.25) is 5.91 Å². The number of aromatic nitrogens is 2. The Morgan fingerprint density at radius 3 is 3.04 bits per heavy atom.